The smallest absolute Gasteiger partial charge is 0.159 e. The molecule has 2 aliphatic heterocycles. The molecule has 0 aromatic heterocycles. The second kappa shape index (κ2) is 10.5. The number of ether oxygens (including phenoxy) is 4. The van der Waals surface area contributed by atoms with Gasteiger partial charge in [-0.05, 0) is 26.7 Å². The average molecular weight is 296 g/mol. The fourth-order valence-electron chi connectivity index (χ4n) is 1.99. The minimum absolute atomic E-state index is 0.0571. The van der Waals surface area contributed by atoms with Crippen LogP contribution in [0.5, 0.6) is 0 Å². The molecule has 6 heteroatoms. The normalized spacial score (nSPS) is 31.0. The van der Waals surface area contributed by atoms with Gasteiger partial charge in [-0.1, -0.05) is 0 Å². The first-order chi connectivity index (χ1) is 10.2. The molecule has 0 radical (unpaired) electrons. The number of nitrogens with zero attached hydrogens (tertiary/aromatic N) is 2. The second-order valence-electron chi connectivity index (χ2n) is 5.17. The zero-order chi connectivity index (χ0) is 15.5. The largest absolute Gasteiger partial charge is 0.350 e. The standard InChI is InChI=1S/C8H13NO2.C7H11NO2/c1-7-6-10-8(11-7)4-2-3-5-9;1-6-5-9-7(10-6)3-2-4-8/h7-8H,2-4,6H2,1H3;6-7H,2-3,5H2,1H3. The summed E-state index contributed by atoms with van der Waals surface area (Å²) >= 11 is 0. The monoisotopic (exact) mass is 296 g/mol. The summed E-state index contributed by atoms with van der Waals surface area (Å²) in [5, 5.41) is 16.5. The Labute approximate surface area is 126 Å². The first-order valence-electron chi connectivity index (χ1n) is 7.43. The molecule has 6 nitrogen and oxygen atoms in total. The maximum atomic E-state index is 8.26. The van der Waals surface area contributed by atoms with Gasteiger partial charge in [-0.2, -0.15) is 10.5 Å². The summed E-state index contributed by atoms with van der Waals surface area (Å²) in [6, 6.07) is 4.14. The first kappa shape index (κ1) is 17.9. The van der Waals surface area contributed by atoms with Crippen LogP contribution >= 0.6 is 0 Å². The van der Waals surface area contributed by atoms with Crippen molar-refractivity contribution in [2.24, 2.45) is 0 Å². The third-order valence-corrected chi connectivity index (χ3v) is 3.02. The molecule has 2 aliphatic rings. The van der Waals surface area contributed by atoms with Crippen molar-refractivity contribution in [1.29, 1.82) is 10.5 Å². The van der Waals surface area contributed by atoms with E-state index in [0.717, 1.165) is 12.8 Å². The molecule has 4 unspecified atom stereocenters. The number of hydrogen-bond donors (Lipinski definition) is 0. The number of unbranched alkanes of at least 4 members (excludes halogenated alkanes) is 1. The van der Waals surface area contributed by atoms with E-state index in [9.17, 15) is 0 Å². The van der Waals surface area contributed by atoms with Gasteiger partial charge in [0.05, 0.1) is 37.6 Å². The van der Waals surface area contributed by atoms with Gasteiger partial charge in [0.1, 0.15) is 0 Å². The van der Waals surface area contributed by atoms with Crippen LogP contribution in [0.25, 0.3) is 0 Å². The number of hydrogen-bond acceptors (Lipinski definition) is 6. The van der Waals surface area contributed by atoms with E-state index in [1.54, 1.807) is 0 Å². The van der Waals surface area contributed by atoms with Crippen LogP contribution in [0, 0.1) is 22.7 Å². The van der Waals surface area contributed by atoms with E-state index in [-0.39, 0.29) is 24.8 Å². The lowest BCUT2D eigenvalue weighted by molar-refractivity contribution is -0.0599. The van der Waals surface area contributed by atoms with Crippen molar-refractivity contribution in [3.05, 3.63) is 0 Å². The van der Waals surface area contributed by atoms with Crippen LogP contribution in [0.1, 0.15) is 46.0 Å². The maximum absolute atomic E-state index is 8.26. The summed E-state index contributed by atoms with van der Waals surface area (Å²) < 4.78 is 21.1. The fraction of sp³-hybridized carbons (Fsp3) is 0.867. The van der Waals surface area contributed by atoms with Crippen LogP contribution < -0.4 is 0 Å². The molecule has 0 N–H and O–H groups in total. The van der Waals surface area contributed by atoms with Gasteiger partial charge in [0.25, 0.3) is 0 Å². The van der Waals surface area contributed by atoms with Gasteiger partial charge in [0.15, 0.2) is 12.6 Å². The lowest BCUT2D eigenvalue weighted by Crippen LogP contribution is -2.08. The molecule has 2 heterocycles. The molecule has 0 spiro atoms. The van der Waals surface area contributed by atoms with Crippen LogP contribution in [-0.4, -0.2) is 38.0 Å². The third kappa shape index (κ3) is 7.99. The molecule has 2 fully saturated rings. The highest BCUT2D eigenvalue weighted by Crippen LogP contribution is 2.16. The first-order valence-corrected chi connectivity index (χ1v) is 7.43. The average Bonchev–Trinajstić information content (AvgIpc) is 3.06. The van der Waals surface area contributed by atoms with Crippen molar-refractivity contribution < 1.29 is 18.9 Å². The minimum Gasteiger partial charge on any atom is -0.350 e. The van der Waals surface area contributed by atoms with Crippen LogP contribution in [0.3, 0.4) is 0 Å². The Morgan fingerprint density at radius 2 is 1.38 bits per heavy atom. The summed E-state index contributed by atoms with van der Waals surface area (Å²) in [6.07, 6.45) is 3.75. The van der Waals surface area contributed by atoms with E-state index in [0.29, 0.717) is 32.5 Å². The summed E-state index contributed by atoms with van der Waals surface area (Å²) in [5.74, 6) is 0. The number of rotatable bonds is 5. The molecule has 2 saturated heterocycles. The molecule has 0 saturated carbocycles. The lowest BCUT2D eigenvalue weighted by atomic mass is 10.2. The van der Waals surface area contributed by atoms with Gasteiger partial charge < -0.3 is 18.9 Å². The third-order valence-electron chi connectivity index (χ3n) is 3.02. The lowest BCUT2D eigenvalue weighted by Gasteiger charge is -2.06. The molecular formula is C15H24N2O4. The van der Waals surface area contributed by atoms with Crippen molar-refractivity contribution in [3.63, 3.8) is 0 Å². The van der Waals surface area contributed by atoms with Gasteiger partial charge in [-0.3, -0.25) is 0 Å². The zero-order valence-corrected chi connectivity index (χ0v) is 12.8. The van der Waals surface area contributed by atoms with E-state index in [2.05, 4.69) is 6.07 Å². The van der Waals surface area contributed by atoms with Crippen molar-refractivity contribution in [2.45, 2.75) is 70.7 Å². The van der Waals surface area contributed by atoms with Gasteiger partial charge in [-0.15, -0.1) is 0 Å². The van der Waals surface area contributed by atoms with Crippen molar-refractivity contribution in [3.8, 4) is 12.1 Å². The quantitative estimate of drug-likeness (QED) is 0.725. The van der Waals surface area contributed by atoms with E-state index in [1.807, 2.05) is 19.9 Å². The van der Waals surface area contributed by atoms with Gasteiger partial charge in [0.2, 0.25) is 0 Å². The van der Waals surface area contributed by atoms with Crippen LogP contribution in [0.2, 0.25) is 0 Å². The topological polar surface area (TPSA) is 84.5 Å². The second-order valence-corrected chi connectivity index (χ2v) is 5.17. The molecule has 21 heavy (non-hydrogen) atoms. The highest BCUT2D eigenvalue weighted by molar-refractivity contribution is 4.71. The van der Waals surface area contributed by atoms with E-state index in [1.165, 1.54) is 0 Å². The van der Waals surface area contributed by atoms with Gasteiger partial charge in [0, 0.05) is 19.3 Å². The number of nitriles is 2. The van der Waals surface area contributed by atoms with E-state index < -0.39 is 0 Å². The molecule has 118 valence electrons. The summed E-state index contributed by atoms with van der Waals surface area (Å²) in [5.41, 5.74) is 0. The Hall–Kier alpha value is -1.18. The Bertz CT molecular complexity index is 364. The molecule has 0 aromatic rings. The Kier molecular flexibility index (Phi) is 8.96. The SMILES string of the molecule is CC1COC(CCC#N)O1.CC1COC(CCCC#N)O1. The van der Waals surface area contributed by atoms with Gasteiger partial charge >= 0.3 is 0 Å². The van der Waals surface area contributed by atoms with E-state index in [4.69, 9.17) is 29.5 Å². The van der Waals surface area contributed by atoms with Crippen LogP contribution in [0.15, 0.2) is 0 Å². The zero-order valence-electron chi connectivity index (χ0n) is 12.8. The molecule has 2 rings (SSSR count). The van der Waals surface area contributed by atoms with Crippen molar-refractivity contribution >= 4 is 0 Å². The highest BCUT2D eigenvalue weighted by Gasteiger charge is 2.21. The van der Waals surface area contributed by atoms with Crippen LogP contribution in [0.4, 0.5) is 0 Å². The summed E-state index contributed by atoms with van der Waals surface area (Å²) in [6.45, 7) is 5.31. The van der Waals surface area contributed by atoms with Crippen molar-refractivity contribution in [1.82, 2.24) is 0 Å². The minimum atomic E-state index is -0.130. The summed E-state index contributed by atoms with van der Waals surface area (Å²) in [4.78, 5) is 0. The van der Waals surface area contributed by atoms with E-state index >= 15 is 0 Å². The maximum Gasteiger partial charge on any atom is 0.159 e. The highest BCUT2D eigenvalue weighted by atomic mass is 16.7. The Morgan fingerprint density at radius 3 is 1.81 bits per heavy atom. The Balaban J connectivity index is 0.000000211. The van der Waals surface area contributed by atoms with Crippen LogP contribution in [-0.2, 0) is 18.9 Å². The Morgan fingerprint density at radius 1 is 0.857 bits per heavy atom. The molecule has 4 atom stereocenters. The molecule has 0 aliphatic carbocycles. The van der Waals surface area contributed by atoms with Crippen molar-refractivity contribution in [2.75, 3.05) is 13.2 Å². The predicted molar refractivity (Wildman–Crippen MR) is 74.9 cm³/mol. The summed E-state index contributed by atoms with van der Waals surface area (Å²) in [7, 11) is 0. The molecule has 0 bridgehead atoms. The molecule has 0 amide bonds. The van der Waals surface area contributed by atoms with Gasteiger partial charge in [-0.25, -0.2) is 0 Å². The fourth-order valence-corrected chi connectivity index (χ4v) is 1.99. The molecule has 0 aromatic carbocycles. The predicted octanol–water partition coefficient (Wildman–Crippen LogP) is 2.49. The molecular weight excluding hydrogens is 272 g/mol.